The quantitative estimate of drug-likeness (QED) is 0.146. The van der Waals surface area contributed by atoms with Gasteiger partial charge in [0, 0.05) is 35.1 Å². The van der Waals surface area contributed by atoms with Crippen LogP contribution in [0.5, 0.6) is 0 Å². The molecule has 4 aromatic carbocycles. The van der Waals surface area contributed by atoms with Gasteiger partial charge in [0.1, 0.15) is 11.0 Å². The number of allylic oxidation sites excluding steroid dienone is 2. The molecular formula is C40H28N8. The van der Waals surface area contributed by atoms with E-state index in [1.165, 1.54) is 0 Å². The molecule has 48 heavy (non-hydrogen) atoms. The summed E-state index contributed by atoms with van der Waals surface area (Å²) in [5.41, 5.74) is 8.74. The zero-order valence-corrected chi connectivity index (χ0v) is 25.8. The van der Waals surface area contributed by atoms with E-state index in [-0.39, 0.29) is 0 Å². The SMILES string of the molecule is C1=CNCC(N(c2cccnc2)c2ccc(N(c3cccnc3)c3cccnc3)c3nc4c5ccccc5c5ccccc5c4nc23)=C1. The average molecular weight is 621 g/mol. The second-order valence-electron chi connectivity index (χ2n) is 11.5. The molecule has 8 heteroatoms. The largest absolute Gasteiger partial charge is 0.385 e. The fraction of sp³-hybridized carbons (Fsp3) is 0.0250. The van der Waals surface area contributed by atoms with E-state index in [1.54, 1.807) is 18.6 Å². The summed E-state index contributed by atoms with van der Waals surface area (Å²) < 4.78 is 0. The van der Waals surface area contributed by atoms with Gasteiger partial charge in [0.25, 0.3) is 0 Å². The molecule has 0 atom stereocenters. The maximum atomic E-state index is 5.58. The highest BCUT2D eigenvalue weighted by Gasteiger charge is 2.25. The van der Waals surface area contributed by atoms with Gasteiger partial charge in [-0.25, -0.2) is 9.97 Å². The van der Waals surface area contributed by atoms with Gasteiger partial charge in [0.15, 0.2) is 0 Å². The van der Waals surface area contributed by atoms with Crippen LogP contribution in [0.1, 0.15) is 0 Å². The normalized spacial score (nSPS) is 12.7. The summed E-state index contributed by atoms with van der Waals surface area (Å²) in [7, 11) is 0. The Balaban J connectivity index is 1.44. The van der Waals surface area contributed by atoms with Gasteiger partial charge in [0.05, 0.1) is 64.6 Å². The molecular weight excluding hydrogens is 592 g/mol. The molecule has 8 nitrogen and oxygen atoms in total. The summed E-state index contributed by atoms with van der Waals surface area (Å²) in [6, 6.07) is 33.2. The molecule has 5 heterocycles. The minimum absolute atomic E-state index is 0.640. The van der Waals surface area contributed by atoms with Crippen LogP contribution >= 0.6 is 0 Å². The van der Waals surface area contributed by atoms with E-state index >= 15 is 0 Å². The van der Waals surface area contributed by atoms with Gasteiger partial charge < -0.3 is 15.1 Å². The zero-order chi connectivity index (χ0) is 31.9. The Bertz CT molecular complexity index is 2480. The van der Waals surface area contributed by atoms with Crippen LogP contribution in [0.15, 0.2) is 158 Å². The average Bonchev–Trinajstić information content (AvgIpc) is 3.17. The maximum Gasteiger partial charge on any atom is 0.116 e. The molecule has 0 aliphatic carbocycles. The monoisotopic (exact) mass is 620 g/mol. The molecule has 0 bridgehead atoms. The third-order valence-corrected chi connectivity index (χ3v) is 8.70. The topological polar surface area (TPSA) is 83.0 Å². The highest BCUT2D eigenvalue weighted by atomic mass is 15.2. The number of nitrogens with zero attached hydrogens (tertiary/aromatic N) is 7. The number of hydrogen-bond acceptors (Lipinski definition) is 8. The number of hydrogen-bond donors (Lipinski definition) is 1. The molecule has 0 amide bonds. The van der Waals surface area contributed by atoms with Gasteiger partial charge in [-0.05, 0) is 77.7 Å². The number of nitrogens with one attached hydrogen (secondary N) is 1. The first-order valence-corrected chi connectivity index (χ1v) is 15.8. The van der Waals surface area contributed by atoms with Crippen LogP contribution < -0.4 is 15.1 Å². The number of aromatic nitrogens is 5. The molecule has 1 aliphatic rings. The van der Waals surface area contributed by atoms with E-state index in [2.05, 4.69) is 103 Å². The Morgan fingerprint density at radius 1 is 0.479 bits per heavy atom. The summed E-state index contributed by atoms with van der Waals surface area (Å²) in [6.45, 7) is 0.640. The predicted molar refractivity (Wildman–Crippen MR) is 194 cm³/mol. The van der Waals surface area contributed by atoms with Crippen molar-refractivity contribution in [3.05, 3.63) is 158 Å². The first kappa shape index (κ1) is 27.6. The molecule has 8 aromatic rings. The standard InChI is InChI=1S/C40H28N8/c1-3-15-33-31(13-1)32-14-2-4-16-34(32)38-37(33)45-39-35(47(27-9-5-19-41-23-27)28-10-6-20-42-24-28)17-18-36(40(39)46-38)48(29-11-7-21-43-25-29)30-12-8-22-44-26-30/h1-25,44H,26H2. The van der Waals surface area contributed by atoms with E-state index < -0.39 is 0 Å². The van der Waals surface area contributed by atoms with Gasteiger partial charge in [0.2, 0.25) is 0 Å². The van der Waals surface area contributed by atoms with Crippen molar-refractivity contribution in [2.75, 3.05) is 16.3 Å². The first-order valence-electron chi connectivity index (χ1n) is 15.8. The fourth-order valence-corrected chi connectivity index (χ4v) is 6.64. The third kappa shape index (κ3) is 4.58. The van der Waals surface area contributed by atoms with Crippen molar-refractivity contribution < 1.29 is 0 Å². The van der Waals surface area contributed by atoms with Crippen molar-refractivity contribution in [3.8, 4) is 0 Å². The Morgan fingerprint density at radius 3 is 1.42 bits per heavy atom. The second kappa shape index (κ2) is 11.6. The van der Waals surface area contributed by atoms with Crippen molar-refractivity contribution in [3.63, 3.8) is 0 Å². The van der Waals surface area contributed by atoms with Crippen molar-refractivity contribution in [2.45, 2.75) is 0 Å². The Hall–Kier alpha value is -6.67. The molecule has 1 aliphatic heterocycles. The number of anilines is 5. The van der Waals surface area contributed by atoms with Crippen LogP contribution in [0.25, 0.3) is 43.6 Å². The van der Waals surface area contributed by atoms with E-state index in [1.807, 2.05) is 61.2 Å². The van der Waals surface area contributed by atoms with Crippen molar-refractivity contribution in [2.24, 2.45) is 0 Å². The van der Waals surface area contributed by atoms with Crippen LogP contribution in [0.3, 0.4) is 0 Å². The molecule has 0 fully saturated rings. The van der Waals surface area contributed by atoms with Crippen LogP contribution in [0.2, 0.25) is 0 Å². The number of pyridine rings is 3. The highest BCUT2D eigenvalue weighted by Crippen LogP contribution is 2.44. The molecule has 0 saturated carbocycles. The number of dihydropyridines is 1. The van der Waals surface area contributed by atoms with Crippen molar-refractivity contribution in [1.29, 1.82) is 0 Å². The number of rotatable bonds is 6. The molecule has 9 rings (SSSR count). The molecule has 0 spiro atoms. The van der Waals surface area contributed by atoms with E-state index in [4.69, 9.17) is 9.97 Å². The van der Waals surface area contributed by atoms with Crippen molar-refractivity contribution >= 4 is 72.0 Å². The van der Waals surface area contributed by atoms with Crippen LogP contribution in [-0.4, -0.2) is 31.5 Å². The van der Waals surface area contributed by atoms with Gasteiger partial charge >= 0.3 is 0 Å². The van der Waals surface area contributed by atoms with Gasteiger partial charge in [-0.1, -0.05) is 48.5 Å². The number of fused-ring (bicyclic) bond motifs is 7. The lowest BCUT2D eigenvalue weighted by Crippen LogP contribution is -2.26. The Labute approximate surface area is 276 Å². The molecule has 0 unspecified atom stereocenters. The van der Waals surface area contributed by atoms with Crippen LogP contribution in [0.4, 0.5) is 28.4 Å². The van der Waals surface area contributed by atoms with E-state index in [0.717, 1.165) is 77.7 Å². The third-order valence-electron chi connectivity index (χ3n) is 8.70. The second-order valence-corrected chi connectivity index (χ2v) is 11.5. The van der Waals surface area contributed by atoms with E-state index in [0.29, 0.717) is 6.54 Å². The minimum Gasteiger partial charge on any atom is -0.385 e. The number of benzene rings is 4. The van der Waals surface area contributed by atoms with Crippen LogP contribution in [0, 0.1) is 0 Å². The highest BCUT2D eigenvalue weighted by molar-refractivity contribution is 6.24. The van der Waals surface area contributed by atoms with E-state index in [9.17, 15) is 0 Å². The van der Waals surface area contributed by atoms with Gasteiger partial charge in [-0.3, -0.25) is 15.0 Å². The zero-order valence-electron chi connectivity index (χ0n) is 25.8. The van der Waals surface area contributed by atoms with Gasteiger partial charge in [-0.2, -0.15) is 0 Å². The molecule has 4 aromatic heterocycles. The maximum absolute atomic E-state index is 5.58. The Morgan fingerprint density at radius 2 is 0.958 bits per heavy atom. The first-order chi connectivity index (χ1) is 23.8. The van der Waals surface area contributed by atoms with Crippen molar-refractivity contribution in [1.82, 2.24) is 30.2 Å². The fourth-order valence-electron chi connectivity index (χ4n) is 6.64. The summed E-state index contributed by atoms with van der Waals surface area (Å²) in [4.78, 5) is 29.0. The lowest BCUT2D eigenvalue weighted by molar-refractivity contribution is 0.889. The summed E-state index contributed by atoms with van der Waals surface area (Å²) in [5, 5.41) is 7.78. The summed E-state index contributed by atoms with van der Waals surface area (Å²) in [5.74, 6) is 0. The smallest absolute Gasteiger partial charge is 0.116 e. The lowest BCUT2D eigenvalue weighted by atomic mass is 9.99. The Kier molecular flexibility index (Phi) is 6.68. The molecule has 228 valence electrons. The molecule has 1 N–H and O–H groups in total. The minimum atomic E-state index is 0.640. The molecule has 0 radical (unpaired) electrons. The summed E-state index contributed by atoms with van der Waals surface area (Å²) in [6.07, 6.45) is 17.1. The van der Waals surface area contributed by atoms with Gasteiger partial charge in [-0.15, -0.1) is 0 Å². The predicted octanol–water partition coefficient (Wildman–Crippen LogP) is 8.88. The molecule has 0 saturated heterocycles. The van der Waals surface area contributed by atoms with Crippen LogP contribution in [-0.2, 0) is 0 Å². The lowest BCUT2D eigenvalue weighted by Gasteiger charge is -2.31. The summed E-state index contributed by atoms with van der Waals surface area (Å²) >= 11 is 0.